The van der Waals surface area contributed by atoms with Crippen molar-refractivity contribution in [3.05, 3.63) is 134 Å². The van der Waals surface area contributed by atoms with Crippen LogP contribution < -0.4 is 15.1 Å². The highest BCUT2D eigenvalue weighted by Gasteiger charge is 2.19. The second kappa shape index (κ2) is 14.8. The van der Waals surface area contributed by atoms with Gasteiger partial charge in [-0.1, -0.05) is 0 Å². The monoisotopic (exact) mass is 664 g/mol. The summed E-state index contributed by atoms with van der Waals surface area (Å²) < 4.78 is 21.6. The first-order chi connectivity index (χ1) is 23.7. The molecule has 1 saturated heterocycles. The lowest BCUT2D eigenvalue weighted by Crippen LogP contribution is -2.35. The number of morpholine rings is 1. The zero-order valence-corrected chi connectivity index (χ0v) is 25.8. The number of hydrogen-bond acceptors (Lipinski definition) is 13. The Kier molecular flexibility index (Phi) is 9.90. The minimum atomic E-state index is -0.804. The third-order valence-electron chi connectivity index (χ3n) is 7.63. The number of benzene rings is 4. The molecule has 5 aromatic rings. The van der Waals surface area contributed by atoms with Crippen LogP contribution in [0.3, 0.4) is 0 Å². The van der Waals surface area contributed by atoms with Gasteiger partial charge >= 0.3 is 17.6 Å². The van der Waals surface area contributed by atoms with E-state index in [1.807, 2.05) is 0 Å². The van der Waals surface area contributed by atoms with Gasteiger partial charge in [0.2, 0.25) is 0 Å². The Morgan fingerprint density at radius 1 is 0.796 bits per heavy atom. The number of aliphatic hydroxyl groups excluding tert-OH is 1. The summed E-state index contributed by atoms with van der Waals surface area (Å²) in [6.07, 6.45) is 0. The van der Waals surface area contributed by atoms with Crippen molar-refractivity contribution in [1.29, 1.82) is 0 Å². The highest BCUT2D eigenvalue weighted by Crippen LogP contribution is 2.27. The second-order valence-corrected chi connectivity index (χ2v) is 10.9. The van der Waals surface area contributed by atoms with Gasteiger partial charge in [0.1, 0.15) is 17.1 Å². The number of fused-ring (bicyclic) bond motifs is 1. The second-order valence-electron chi connectivity index (χ2n) is 10.9. The fourth-order valence-corrected chi connectivity index (χ4v) is 5.09. The summed E-state index contributed by atoms with van der Waals surface area (Å²) in [6.45, 7) is 2.86. The first kappa shape index (κ1) is 32.8. The molecular formula is C35H28N4O10. The zero-order chi connectivity index (χ0) is 34.3. The number of carbonyl (C=O) groups is 2. The van der Waals surface area contributed by atoms with Crippen LogP contribution in [0.2, 0.25) is 0 Å². The molecule has 0 unspecified atom stereocenters. The van der Waals surface area contributed by atoms with Crippen molar-refractivity contribution in [3.63, 3.8) is 0 Å². The Morgan fingerprint density at radius 2 is 1.41 bits per heavy atom. The largest absolute Gasteiger partial charge is 0.423 e. The number of azo groups is 1. The molecule has 0 spiro atoms. The molecule has 1 fully saturated rings. The Morgan fingerprint density at radius 3 is 2.08 bits per heavy atom. The molecule has 6 rings (SSSR count). The number of rotatable bonds is 10. The van der Waals surface area contributed by atoms with Crippen LogP contribution in [0.4, 0.5) is 17.1 Å². The SMILES string of the molecule is O=C(Oc1ccc2c(CN3CCOCC3)cc(=O)oc2c1)c1ccc(N=Nc2ccc(OC(=O)c3ccc(CO)c([N+](=O)[O-])c3)cc2)cc1. The minimum Gasteiger partial charge on any atom is -0.423 e. The van der Waals surface area contributed by atoms with E-state index in [-0.39, 0.29) is 33.9 Å². The van der Waals surface area contributed by atoms with Crippen LogP contribution in [0.5, 0.6) is 11.5 Å². The molecule has 1 aromatic heterocycles. The van der Waals surface area contributed by atoms with Crippen LogP contribution in [-0.2, 0) is 17.9 Å². The van der Waals surface area contributed by atoms with E-state index in [0.29, 0.717) is 36.7 Å². The van der Waals surface area contributed by atoms with Crippen LogP contribution in [0.15, 0.2) is 110 Å². The summed E-state index contributed by atoms with van der Waals surface area (Å²) in [5.74, 6) is -1.01. The fourth-order valence-electron chi connectivity index (χ4n) is 5.09. The third-order valence-corrected chi connectivity index (χ3v) is 7.63. The molecule has 0 aliphatic carbocycles. The third kappa shape index (κ3) is 8.08. The van der Waals surface area contributed by atoms with E-state index in [0.717, 1.165) is 30.1 Å². The Hall–Kier alpha value is -6.09. The number of carbonyl (C=O) groups excluding carboxylic acids is 2. The molecule has 0 bridgehead atoms. The highest BCUT2D eigenvalue weighted by atomic mass is 16.6. The molecule has 0 radical (unpaired) electrons. The van der Waals surface area contributed by atoms with E-state index in [1.54, 1.807) is 36.4 Å². The van der Waals surface area contributed by atoms with Crippen LogP contribution in [0, 0.1) is 10.1 Å². The van der Waals surface area contributed by atoms with Crippen molar-refractivity contribution in [1.82, 2.24) is 4.90 Å². The first-order valence-corrected chi connectivity index (χ1v) is 15.1. The number of nitro benzene ring substituents is 1. The average Bonchev–Trinajstić information content (AvgIpc) is 3.11. The van der Waals surface area contributed by atoms with Crippen molar-refractivity contribution in [2.75, 3.05) is 26.3 Å². The van der Waals surface area contributed by atoms with E-state index >= 15 is 0 Å². The highest BCUT2D eigenvalue weighted by molar-refractivity contribution is 5.93. The fraction of sp³-hybridized carbons (Fsp3) is 0.171. The van der Waals surface area contributed by atoms with Gasteiger partial charge in [-0.25, -0.2) is 14.4 Å². The predicted octanol–water partition coefficient (Wildman–Crippen LogP) is 5.88. The first-order valence-electron chi connectivity index (χ1n) is 15.1. The molecule has 14 heteroatoms. The lowest BCUT2D eigenvalue weighted by Gasteiger charge is -2.26. The average molecular weight is 665 g/mol. The number of esters is 2. The quantitative estimate of drug-likeness (QED) is 0.0470. The van der Waals surface area contributed by atoms with Gasteiger partial charge in [0.05, 0.1) is 52.8 Å². The summed E-state index contributed by atoms with van der Waals surface area (Å²) in [5.41, 5.74) is 1.49. The standard InChI is InChI=1S/C35H28N4O10/c40-21-24-2-1-23(17-31(24)39(44)45)35(43)47-28-9-7-27(8-10-28)37-36-26-5-3-22(4-6-26)34(42)48-29-11-12-30-25(18-33(41)49-32(30)19-29)20-38-13-15-46-16-14-38/h1-12,17-19,40H,13-16,20-21H2. The van der Waals surface area contributed by atoms with Gasteiger partial charge in [-0.05, 0) is 78.4 Å². The van der Waals surface area contributed by atoms with Crippen LogP contribution in [0.1, 0.15) is 31.8 Å². The van der Waals surface area contributed by atoms with Crippen LogP contribution >= 0.6 is 0 Å². The maximum absolute atomic E-state index is 12.8. The summed E-state index contributed by atoms with van der Waals surface area (Å²) in [4.78, 5) is 50.3. The molecular weight excluding hydrogens is 636 g/mol. The van der Waals surface area contributed by atoms with Crippen LogP contribution in [0.25, 0.3) is 11.0 Å². The molecule has 1 N–H and O–H groups in total. The van der Waals surface area contributed by atoms with Gasteiger partial charge < -0.3 is 23.7 Å². The number of hydrogen-bond donors (Lipinski definition) is 1. The Bertz CT molecular complexity index is 2100. The van der Waals surface area contributed by atoms with Crippen LogP contribution in [-0.4, -0.2) is 53.2 Å². The zero-order valence-electron chi connectivity index (χ0n) is 25.8. The number of aliphatic hydroxyl groups is 1. The van der Waals surface area contributed by atoms with E-state index < -0.39 is 29.1 Å². The van der Waals surface area contributed by atoms with E-state index in [4.69, 9.17) is 18.6 Å². The van der Waals surface area contributed by atoms with Gasteiger partial charge in [-0.3, -0.25) is 15.0 Å². The summed E-state index contributed by atoms with van der Waals surface area (Å²) in [6, 6.07) is 22.5. The molecule has 14 nitrogen and oxygen atoms in total. The van der Waals surface area contributed by atoms with Gasteiger partial charge in [-0.15, -0.1) is 0 Å². The summed E-state index contributed by atoms with van der Waals surface area (Å²) >= 11 is 0. The molecule has 2 heterocycles. The molecule has 49 heavy (non-hydrogen) atoms. The lowest BCUT2D eigenvalue weighted by molar-refractivity contribution is -0.385. The molecule has 1 aliphatic rings. The molecule has 0 amide bonds. The van der Waals surface area contributed by atoms with Gasteiger partial charge in [-0.2, -0.15) is 10.2 Å². The topological polar surface area (TPSA) is 183 Å². The lowest BCUT2D eigenvalue weighted by atomic mass is 10.1. The van der Waals surface area contributed by atoms with Crippen molar-refractivity contribution < 1.29 is 38.2 Å². The summed E-state index contributed by atoms with van der Waals surface area (Å²) in [5, 5.41) is 29.6. The number of nitro groups is 1. The van der Waals surface area contributed by atoms with Crippen molar-refractivity contribution in [2.45, 2.75) is 13.2 Å². The molecule has 4 aromatic carbocycles. The molecule has 248 valence electrons. The van der Waals surface area contributed by atoms with E-state index in [9.17, 15) is 29.6 Å². The number of nitrogens with zero attached hydrogens (tertiary/aromatic N) is 4. The Labute approximate surface area is 277 Å². The van der Waals surface area contributed by atoms with Gasteiger partial charge in [0.15, 0.2) is 0 Å². The molecule has 0 atom stereocenters. The maximum atomic E-state index is 12.8. The van der Waals surface area contributed by atoms with E-state index in [2.05, 4.69) is 15.1 Å². The Balaban J connectivity index is 1.06. The van der Waals surface area contributed by atoms with Gasteiger partial charge in [0.25, 0.3) is 5.69 Å². The number of ether oxygens (including phenoxy) is 3. The maximum Gasteiger partial charge on any atom is 0.343 e. The van der Waals surface area contributed by atoms with Crippen molar-refractivity contribution in [2.24, 2.45) is 10.2 Å². The van der Waals surface area contributed by atoms with Gasteiger partial charge in [0, 0.05) is 43.2 Å². The van der Waals surface area contributed by atoms with Crippen molar-refractivity contribution >= 4 is 40.0 Å². The minimum absolute atomic E-state index is 0.0423. The summed E-state index contributed by atoms with van der Waals surface area (Å²) in [7, 11) is 0. The molecule has 1 aliphatic heterocycles. The molecule has 0 saturated carbocycles. The predicted molar refractivity (Wildman–Crippen MR) is 175 cm³/mol. The smallest absolute Gasteiger partial charge is 0.343 e. The van der Waals surface area contributed by atoms with Crippen molar-refractivity contribution in [3.8, 4) is 11.5 Å². The normalized spacial score (nSPS) is 13.4. The van der Waals surface area contributed by atoms with E-state index in [1.165, 1.54) is 48.5 Å².